The minimum atomic E-state index is 0.673. The lowest BCUT2D eigenvalue weighted by molar-refractivity contribution is 0.866. The minimum absolute atomic E-state index is 0.673. The summed E-state index contributed by atoms with van der Waals surface area (Å²) in [6, 6.07) is 0. The Morgan fingerprint density at radius 3 is 2.18 bits per heavy atom. The van der Waals surface area contributed by atoms with Gasteiger partial charge in [0.25, 0.3) is 0 Å². The molecule has 0 atom stereocenters. The predicted octanol–water partition coefficient (Wildman–Crippen LogP) is 4.11. The van der Waals surface area contributed by atoms with Gasteiger partial charge in [0.2, 0.25) is 0 Å². The number of hydrogen-bond donors (Lipinski definition) is 3. The molecule has 1 heterocycles. The van der Waals surface area contributed by atoms with Crippen LogP contribution in [0, 0.1) is 6.92 Å². The monoisotopic (exact) mass is 237 g/mol. The van der Waals surface area contributed by atoms with Crippen molar-refractivity contribution in [3.8, 4) is 0 Å². The molecule has 98 valence electrons. The second kappa shape index (κ2) is 7.82. The van der Waals surface area contributed by atoms with Crippen LogP contribution in [0.1, 0.15) is 58.2 Å². The summed E-state index contributed by atoms with van der Waals surface area (Å²) >= 11 is 0. The molecule has 0 fully saturated rings. The average Bonchev–Trinajstić information content (AvgIpc) is 2.57. The van der Waals surface area contributed by atoms with Gasteiger partial charge in [-0.15, -0.1) is 0 Å². The largest absolute Gasteiger partial charge is 0.397 e. The maximum atomic E-state index is 5.95. The van der Waals surface area contributed by atoms with Crippen LogP contribution in [0.3, 0.4) is 0 Å². The summed E-state index contributed by atoms with van der Waals surface area (Å²) in [6.45, 7) is 10.3. The highest BCUT2D eigenvalue weighted by Crippen LogP contribution is 2.27. The third-order valence-corrected chi connectivity index (χ3v) is 2.68. The molecule has 17 heavy (non-hydrogen) atoms. The van der Waals surface area contributed by atoms with Crippen LogP contribution in [0.15, 0.2) is 5.57 Å². The molecule has 3 heteroatoms. The van der Waals surface area contributed by atoms with Gasteiger partial charge < -0.3 is 16.5 Å². The number of nitrogen functional groups attached to an aromatic ring is 2. The summed E-state index contributed by atoms with van der Waals surface area (Å²) in [5.41, 5.74) is 15.9. The molecule has 1 aromatic rings. The van der Waals surface area contributed by atoms with E-state index < -0.39 is 0 Å². The van der Waals surface area contributed by atoms with Crippen LogP contribution in [0.25, 0.3) is 6.08 Å². The molecule has 0 bridgehead atoms. The molecule has 0 aliphatic carbocycles. The summed E-state index contributed by atoms with van der Waals surface area (Å²) in [5, 5.41) is 0. The molecule has 0 aliphatic heterocycles. The van der Waals surface area contributed by atoms with Crippen LogP contribution in [-0.2, 0) is 0 Å². The fourth-order valence-electron chi connectivity index (χ4n) is 1.72. The lowest BCUT2D eigenvalue weighted by atomic mass is 10.0. The Morgan fingerprint density at radius 1 is 1.24 bits per heavy atom. The van der Waals surface area contributed by atoms with Crippen molar-refractivity contribution in [3.63, 3.8) is 0 Å². The fraction of sp³-hybridized carbons (Fsp3) is 0.571. The van der Waals surface area contributed by atoms with Gasteiger partial charge in [-0.05, 0) is 19.8 Å². The molecule has 0 saturated heterocycles. The number of nitrogens with two attached hydrogens (primary N) is 2. The van der Waals surface area contributed by atoms with E-state index in [1.165, 1.54) is 5.57 Å². The van der Waals surface area contributed by atoms with E-state index in [1.54, 1.807) is 0 Å². The Balaban J connectivity index is 0.00000121. The van der Waals surface area contributed by atoms with E-state index in [9.17, 15) is 0 Å². The second-order valence-electron chi connectivity index (χ2n) is 3.90. The van der Waals surface area contributed by atoms with Gasteiger partial charge in [0, 0.05) is 11.3 Å². The molecule has 0 saturated carbocycles. The van der Waals surface area contributed by atoms with Gasteiger partial charge in [-0.1, -0.05) is 45.8 Å². The van der Waals surface area contributed by atoms with E-state index >= 15 is 0 Å². The standard InChI is InChI=1S/C12H21N3.C2H6/c1-4-6-9(5-2)7-10-11(13)8(3)15-12(10)14;1-2/h7,15H,4-6,13-14H2,1-3H3;1-2H3/b9-7-;. The van der Waals surface area contributed by atoms with Crippen molar-refractivity contribution in [3.05, 3.63) is 16.8 Å². The van der Waals surface area contributed by atoms with E-state index in [2.05, 4.69) is 24.9 Å². The minimum Gasteiger partial charge on any atom is -0.397 e. The van der Waals surface area contributed by atoms with Crippen LogP contribution < -0.4 is 11.5 Å². The normalized spacial score (nSPS) is 11.0. The molecule has 5 N–H and O–H groups in total. The lowest BCUT2D eigenvalue weighted by Crippen LogP contribution is -1.91. The van der Waals surface area contributed by atoms with Gasteiger partial charge in [-0.25, -0.2) is 0 Å². The van der Waals surface area contributed by atoms with Crippen molar-refractivity contribution in [2.45, 2.75) is 53.9 Å². The number of hydrogen-bond acceptors (Lipinski definition) is 2. The van der Waals surface area contributed by atoms with Crippen molar-refractivity contribution in [1.82, 2.24) is 4.98 Å². The summed E-state index contributed by atoms with van der Waals surface area (Å²) in [4.78, 5) is 3.06. The molecule has 0 unspecified atom stereocenters. The van der Waals surface area contributed by atoms with Crippen molar-refractivity contribution in [1.29, 1.82) is 0 Å². The maximum absolute atomic E-state index is 5.95. The highest BCUT2D eigenvalue weighted by molar-refractivity contribution is 5.77. The third kappa shape index (κ3) is 4.17. The second-order valence-corrected chi connectivity index (χ2v) is 3.90. The Kier molecular flexibility index (Phi) is 7.19. The van der Waals surface area contributed by atoms with Crippen molar-refractivity contribution in [2.75, 3.05) is 11.5 Å². The molecule has 0 amide bonds. The number of nitrogens with one attached hydrogen (secondary N) is 1. The van der Waals surface area contributed by atoms with E-state index in [-0.39, 0.29) is 0 Å². The predicted molar refractivity (Wildman–Crippen MR) is 78.9 cm³/mol. The Hall–Kier alpha value is -1.38. The highest BCUT2D eigenvalue weighted by atomic mass is 14.9. The van der Waals surface area contributed by atoms with Crippen LogP contribution in [0.2, 0.25) is 0 Å². The third-order valence-electron chi connectivity index (χ3n) is 2.68. The quantitative estimate of drug-likeness (QED) is 0.737. The molecule has 0 aliphatic rings. The molecule has 1 rings (SSSR count). The van der Waals surface area contributed by atoms with Gasteiger partial charge in [0.05, 0.1) is 5.69 Å². The molecule has 3 nitrogen and oxygen atoms in total. The molecule has 0 spiro atoms. The Morgan fingerprint density at radius 2 is 1.82 bits per heavy atom. The zero-order valence-corrected chi connectivity index (χ0v) is 11.9. The number of allylic oxidation sites excluding steroid dienone is 1. The molecule has 0 aromatic carbocycles. The van der Waals surface area contributed by atoms with Gasteiger partial charge >= 0.3 is 0 Å². The Labute approximate surface area is 105 Å². The van der Waals surface area contributed by atoms with Gasteiger partial charge in [0.1, 0.15) is 5.82 Å². The van der Waals surface area contributed by atoms with Crippen molar-refractivity contribution >= 4 is 17.6 Å². The summed E-state index contributed by atoms with van der Waals surface area (Å²) in [6.07, 6.45) is 5.44. The van der Waals surface area contributed by atoms with E-state index in [4.69, 9.17) is 11.5 Å². The maximum Gasteiger partial charge on any atom is 0.110 e. The summed E-state index contributed by atoms with van der Waals surface area (Å²) in [5.74, 6) is 0.673. The first-order valence-electron chi connectivity index (χ1n) is 6.53. The van der Waals surface area contributed by atoms with Crippen LogP contribution in [0.5, 0.6) is 0 Å². The van der Waals surface area contributed by atoms with Crippen molar-refractivity contribution in [2.24, 2.45) is 0 Å². The summed E-state index contributed by atoms with van der Waals surface area (Å²) < 4.78 is 0. The smallest absolute Gasteiger partial charge is 0.110 e. The van der Waals surface area contributed by atoms with Crippen molar-refractivity contribution < 1.29 is 0 Å². The van der Waals surface area contributed by atoms with Gasteiger partial charge in [-0.3, -0.25) is 0 Å². The number of H-pyrrole nitrogens is 1. The van der Waals surface area contributed by atoms with E-state index in [0.717, 1.165) is 36.2 Å². The molecule has 0 radical (unpaired) electrons. The fourth-order valence-corrected chi connectivity index (χ4v) is 1.72. The summed E-state index contributed by atoms with van der Waals surface area (Å²) in [7, 11) is 0. The average molecular weight is 237 g/mol. The molecule has 1 aromatic heterocycles. The van der Waals surface area contributed by atoms with Crippen LogP contribution in [-0.4, -0.2) is 4.98 Å². The van der Waals surface area contributed by atoms with Gasteiger partial charge in [0.15, 0.2) is 0 Å². The number of rotatable bonds is 4. The van der Waals surface area contributed by atoms with Gasteiger partial charge in [-0.2, -0.15) is 0 Å². The molecular weight excluding hydrogens is 210 g/mol. The SMILES string of the molecule is CC.CCC/C(=C\c1c(N)[nH]c(C)c1N)CC. The number of aromatic amines is 1. The number of anilines is 2. The Bertz CT molecular complexity index is 362. The lowest BCUT2D eigenvalue weighted by Gasteiger charge is -2.03. The van der Waals surface area contributed by atoms with Crippen LogP contribution in [0.4, 0.5) is 11.5 Å². The van der Waals surface area contributed by atoms with E-state index in [0.29, 0.717) is 5.82 Å². The number of aromatic nitrogens is 1. The van der Waals surface area contributed by atoms with E-state index in [1.807, 2.05) is 20.8 Å². The zero-order valence-electron chi connectivity index (χ0n) is 11.9. The highest BCUT2D eigenvalue weighted by Gasteiger charge is 2.08. The topological polar surface area (TPSA) is 67.8 Å². The first-order valence-corrected chi connectivity index (χ1v) is 6.53. The number of aryl methyl sites for hydroxylation is 1. The first-order chi connectivity index (χ1) is 8.10. The van der Waals surface area contributed by atoms with Crippen LogP contribution >= 0.6 is 0 Å². The zero-order chi connectivity index (χ0) is 13.4. The molecular formula is C14H27N3. The first kappa shape index (κ1) is 15.6.